The van der Waals surface area contributed by atoms with Gasteiger partial charge in [0.05, 0.1) is 18.1 Å². The molecule has 5 atom stereocenters. The lowest BCUT2D eigenvalue weighted by atomic mass is 9.95. The number of aryl methyl sites for hydroxylation is 1. The van der Waals surface area contributed by atoms with E-state index in [0.717, 1.165) is 44.5 Å². The molecule has 2 aliphatic heterocycles. The van der Waals surface area contributed by atoms with E-state index in [1.54, 1.807) is 0 Å². The lowest BCUT2D eigenvalue weighted by Crippen LogP contribution is -2.40. The number of piperidine rings is 1. The Hall–Kier alpha value is -1.25. The van der Waals surface area contributed by atoms with Crippen molar-refractivity contribution in [2.75, 3.05) is 25.0 Å². The normalized spacial score (nSPS) is 29.7. The molecule has 168 valence electrons. The molecule has 2 heterocycles. The van der Waals surface area contributed by atoms with Gasteiger partial charge in [0, 0.05) is 24.4 Å². The molecule has 6 nitrogen and oxygen atoms in total. The van der Waals surface area contributed by atoms with Crippen molar-refractivity contribution in [2.24, 2.45) is 11.8 Å². The summed E-state index contributed by atoms with van der Waals surface area (Å²) in [6, 6.07) is 8.08. The summed E-state index contributed by atoms with van der Waals surface area (Å²) in [7, 11) is -2.37. The molecule has 1 unspecified atom stereocenters. The molecule has 0 radical (unpaired) electrons. The van der Waals surface area contributed by atoms with Crippen molar-refractivity contribution in [1.29, 1.82) is 0 Å². The van der Waals surface area contributed by atoms with E-state index in [4.69, 9.17) is 4.74 Å². The SMILES string of the molecule is C[C@H]1[C@H]([Si](C)(C)O)[C@@H](CCO)O[C@H]1CCc1cccc(NC(=O)C2CCCNC2)c1. The van der Waals surface area contributed by atoms with Crippen LogP contribution in [-0.2, 0) is 16.0 Å². The molecule has 2 fully saturated rings. The number of aliphatic hydroxyl groups excluding tert-OH is 1. The highest BCUT2D eigenvalue weighted by molar-refractivity contribution is 6.71. The smallest absolute Gasteiger partial charge is 0.228 e. The van der Waals surface area contributed by atoms with Crippen LogP contribution in [0.2, 0.25) is 18.6 Å². The van der Waals surface area contributed by atoms with Gasteiger partial charge in [-0.1, -0.05) is 19.1 Å². The van der Waals surface area contributed by atoms with E-state index in [9.17, 15) is 14.7 Å². The molecule has 1 amide bonds. The number of aliphatic hydroxyl groups is 1. The second kappa shape index (κ2) is 10.4. The lowest BCUT2D eigenvalue weighted by Gasteiger charge is -2.30. The van der Waals surface area contributed by atoms with Crippen molar-refractivity contribution in [2.45, 2.75) is 69.9 Å². The third kappa shape index (κ3) is 5.92. The van der Waals surface area contributed by atoms with E-state index in [1.165, 1.54) is 5.56 Å². The summed E-state index contributed by atoms with van der Waals surface area (Å²) in [4.78, 5) is 23.3. The highest BCUT2D eigenvalue weighted by Gasteiger charge is 2.49. The summed E-state index contributed by atoms with van der Waals surface area (Å²) in [5, 5.41) is 15.8. The van der Waals surface area contributed by atoms with E-state index >= 15 is 0 Å². The Bertz CT molecular complexity index is 703. The first-order valence-corrected chi connectivity index (χ1v) is 14.4. The van der Waals surface area contributed by atoms with E-state index < -0.39 is 8.32 Å². The zero-order valence-corrected chi connectivity index (χ0v) is 19.6. The fourth-order valence-corrected chi connectivity index (χ4v) is 7.90. The second-order valence-corrected chi connectivity index (χ2v) is 13.5. The molecule has 0 aromatic heterocycles. The quantitative estimate of drug-likeness (QED) is 0.472. The molecule has 0 spiro atoms. The number of hydrogen-bond donors (Lipinski definition) is 4. The Labute approximate surface area is 181 Å². The maximum atomic E-state index is 12.5. The number of benzene rings is 1. The van der Waals surface area contributed by atoms with Crippen LogP contribution >= 0.6 is 0 Å². The fraction of sp³-hybridized carbons (Fsp3) is 0.696. The summed E-state index contributed by atoms with van der Waals surface area (Å²) in [6.07, 6.45) is 4.32. The van der Waals surface area contributed by atoms with Gasteiger partial charge in [-0.25, -0.2) is 0 Å². The molecule has 2 saturated heterocycles. The Morgan fingerprint density at radius 2 is 2.10 bits per heavy atom. The van der Waals surface area contributed by atoms with Gasteiger partial charge in [-0.3, -0.25) is 4.79 Å². The number of anilines is 1. The zero-order valence-electron chi connectivity index (χ0n) is 18.6. The average Bonchev–Trinajstić information content (AvgIpc) is 3.03. The summed E-state index contributed by atoms with van der Waals surface area (Å²) < 4.78 is 6.29. The Morgan fingerprint density at radius 3 is 2.77 bits per heavy atom. The average molecular weight is 435 g/mol. The zero-order chi connectivity index (χ0) is 21.7. The number of hydrogen-bond acceptors (Lipinski definition) is 5. The van der Waals surface area contributed by atoms with Gasteiger partial charge in [0.15, 0.2) is 8.32 Å². The van der Waals surface area contributed by atoms with E-state index in [0.29, 0.717) is 6.42 Å². The number of rotatable bonds is 8. The first-order valence-electron chi connectivity index (χ1n) is 11.4. The van der Waals surface area contributed by atoms with Crippen LogP contribution < -0.4 is 10.6 Å². The van der Waals surface area contributed by atoms with Gasteiger partial charge < -0.3 is 25.3 Å². The third-order valence-electron chi connectivity index (χ3n) is 6.71. The molecule has 30 heavy (non-hydrogen) atoms. The van der Waals surface area contributed by atoms with Gasteiger partial charge in [-0.2, -0.15) is 0 Å². The minimum absolute atomic E-state index is 0.0431. The monoisotopic (exact) mass is 434 g/mol. The van der Waals surface area contributed by atoms with Crippen molar-refractivity contribution >= 4 is 19.9 Å². The molecule has 4 N–H and O–H groups in total. The van der Waals surface area contributed by atoms with Crippen molar-refractivity contribution in [3.05, 3.63) is 29.8 Å². The Kier molecular flexibility index (Phi) is 8.09. The molecule has 0 aliphatic carbocycles. The Morgan fingerprint density at radius 1 is 1.30 bits per heavy atom. The Balaban J connectivity index is 1.58. The molecule has 7 heteroatoms. The standard InChI is InChI=1S/C23H38N2O4Si/c1-16-20(29-21(11-13-26)22(16)30(2,3)28)10-9-17-6-4-8-19(14-17)25-23(27)18-7-5-12-24-15-18/h4,6,8,14,16,18,20-22,24,26,28H,5,7,9-13,15H2,1-3H3,(H,25,27)/t16-,18?,20+,21-,22+/m1/s1. The van der Waals surface area contributed by atoms with E-state index in [2.05, 4.69) is 29.7 Å². The molecule has 1 aromatic carbocycles. The number of carbonyl (C=O) groups excluding carboxylic acids is 1. The predicted octanol–water partition coefficient (Wildman–Crippen LogP) is 2.91. The third-order valence-corrected chi connectivity index (χ3v) is 9.24. The van der Waals surface area contributed by atoms with Crippen LogP contribution in [0.15, 0.2) is 24.3 Å². The first kappa shape index (κ1) is 23.4. The van der Waals surface area contributed by atoms with Crippen LogP contribution in [0.25, 0.3) is 0 Å². The number of ether oxygens (including phenoxy) is 1. The molecule has 2 aliphatic rings. The van der Waals surface area contributed by atoms with Crippen LogP contribution in [0.1, 0.15) is 38.2 Å². The van der Waals surface area contributed by atoms with Crippen molar-refractivity contribution in [1.82, 2.24) is 5.32 Å². The highest BCUT2D eigenvalue weighted by atomic mass is 28.4. The maximum absolute atomic E-state index is 12.5. The van der Waals surface area contributed by atoms with Crippen LogP contribution in [0.3, 0.4) is 0 Å². The molecular weight excluding hydrogens is 396 g/mol. The first-order chi connectivity index (χ1) is 14.3. The maximum Gasteiger partial charge on any atom is 0.228 e. The minimum Gasteiger partial charge on any atom is -0.432 e. The molecular formula is C23H38N2O4Si. The molecule has 0 saturated carbocycles. The topological polar surface area (TPSA) is 90.8 Å². The van der Waals surface area contributed by atoms with Crippen LogP contribution in [0.5, 0.6) is 0 Å². The highest BCUT2D eigenvalue weighted by Crippen LogP contribution is 2.45. The summed E-state index contributed by atoms with van der Waals surface area (Å²) in [5.74, 6) is 0.411. The van der Waals surface area contributed by atoms with Gasteiger partial charge in [0.1, 0.15) is 0 Å². The number of amides is 1. The molecule has 0 bridgehead atoms. The molecule has 1 aromatic rings. The van der Waals surface area contributed by atoms with Gasteiger partial charge in [0.25, 0.3) is 0 Å². The largest absolute Gasteiger partial charge is 0.432 e. The van der Waals surface area contributed by atoms with Crippen LogP contribution in [0, 0.1) is 11.8 Å². The summed E-state index contributed by atoms with van der Waals surface area (Å²) >= 11 is 0. The van der Waals surface area contributed by atoms with Crippen molar-refractivity contribution < 1.29 is 19.4 Å². The van der Waals surface area contributed by atoms with Gasteiger partial charge in [-0.05, 0) is 75.4 Å². The van der Waals surface area contributed by atoms with E-state index in [1.807, 2.05) is 25.2 Å². The number of carbonyl (C=O) groups is 1. The lowest BCUT2D eigenvalue weighted by molar-refractivity contribution is -0.120. The number of nitrogens with one attached hydrogen (secondary N) is 2. The molecule has 3 rings (SSSR count). The van der Waals surface area contributed by atoms with E-state index in [-0.39, 0.29) is 42.1 Å². The summed E-state index contributed by atoms with van der Waals surface area (Å²) in [6.45, 7) is 7.95. The van der Waals surface area contributed by atoms with Crippen LogP contribution in [0.4, 0.5) is 5.69 Å². The minimum atomic E-state index is -2.37. The van der Waals surface area contributed by atoms with Crippen molar-refractivity contribution in [3.63, 3.8) is 0 Å². The second-order valence-electron chi connectivity index (χ2n) is 9.54. The van der Waals surface area contributed by atoms with Crippen molar-refractivity contribution in [3.8, 4) is 0 Å². The van der Waals surface area contributed by atoms with Gasteiger partial charge in [-0.15, -0.1) is 0 Å². The predicted molar refractivity (Wildman–Crippen MR) is 122 cm³/mol. The summed E-state index contributed by atoms with van der Waals surface area (Å²) in [5.41, 5.74) is 2.17. The fourth-order valence-electron chi connectivity index (χ4n) is 5.24. The van der Waals surface area contributed by atoms with Crippen LogP contribution in [-0.4, -0.2) is 56.0 Å². The van der Waals surface area contributed by atoms with Gasteiger partial charge in [0.2, 0.25) is 5.91 Å². The van der Waals surface area contributed by atoms with Gasteiger partial charge >= 0.3 is 0 Å².